The molecule has 1 aromatic carbocycles. The quantitative estimate of drug-likeness (QED) is 0.813. The second-order valence-corrected chi connectivity index (χ2v) is 7.32. The van der Waals surface area contributed by atoms with Crippen LogP contribution in [0.1, 0.15) is 39.7 Å². The van der Waals surface area contributed by atoms with Gasteiger partial charge in [0.05, 0.1) is 0 Å². The smallest absolute Gasteiger partial charge is 0.225 e. The first-order valence-electron chi connectivity index (χ1n) is 7.65. The van der Waals surface area contributed by atoms with Crippen LogP contribution in [0.5, 0.6) is 0 Å². The van der Waals surface area contributed by atoms with Gasteiger partial charge in [0.25, 0.3) is 0 Å². The molecule has 4 nitrogen and oxygen atoms in total. The van der Waals surface area contributed by atoms with Crippen molar-refractivity contribution >= 4 is 27.7 Å². The van der Waals surface area contributed by atoms with Crippen molar-refractivity contribution in [1.29, 1.82) is 0 Å². The van der Waals surface area contributed by atoms with Gasteiger partial charge in [0, 0.05) is 41.5 Å². The number of benzene rings is 1. The van der Waals surface area contributed by atoms with Crippen molar-refractivity contribution in [1.82, 2.24) is 10.2 Å². The maximum absolute atomic E-state index is 13.8. The fourth-order valence-electron chi connectivity index (χ4n) is 1.95. The second kappa shape index (κ2) is 8.43. The van der Waals surface area contributed by atoms with Gasteiger partial charge in [0.1, 0.15) is 5.82 Å². The minimum absolute atomic E-state index is 0.0913. The van der Waals surface area contributed by atoms with Gasteiger partial charge in [-0.05, 0) is 25.1 Å². The van der Waals surface area contributed by atoms with E-state index in [2.05, 4.69) is 21.2 Å². The van der Waals surface area contributed by atoms with E-state index in [1.807, 2.05) is 27.7 Å². The molecule has 1 N–H and O–H groups in total. The molecule has 1 aromatic rings. The number of nitrogens with one attached hydrogen (secondary N) is 1. The van der Waals surface area contributed by atoms with Crippen molar-refractivity contribution in [3.63, 3.8) is 0 Å². The van der Waals surface area contributed by atoms with Crippen molar-refractivity contribution in [3.8, 4) is 0 Å². The van der Waals surface area contributed by atoms with Gasteiger partial charge >= 0.3 is 0 Å². The van der Waals surface area contributed by atoms with Gasteiger partial charge in [-0.15, -0.1) is 0 Å². The molecule has 0 radical (unpaired) electrons. The van der Waals surface area contributed by atoms with E-state index in [9.17, 15) is 14.0 Å². The lowest BCUT2D eigenvalue weighted by Crippen LogP contribution is -2.38. The Kier molecular flexibility index (Phi) is 7.19. The summed E-state index contributed by atoms with van der Waals surface area (Å²) in [5, 5.41) is 2.75. The van der Waals surface area contributed by atoms with Gasteiger partial charge in [0.15, 0.2) is 0 Å². The number of nitrogens with zero attached hydrogens (tertiary/aromatic N) is 1. The Morgan fingerprint density at radius 1 is 1.30 bits per heavy atom. The molecule has 0 unspecified atom stereocenters. The van der Waals surface area contributed by atoms with Crippen molar-refractivity contribution in [2.75, 3.05) is 13.1 Å². The third-order valence-corrected chi connectivity index (χ3v) is 3.90. The summed E-state index contributed by atoms with van der Waals surface area (Å²) in [6.45, 7) is 8.29. The molecule has 0 aliphatic carbocycles. The predicted molar refractivity (Wildman–Crippen MR) is 92.3 cm³/mol. The minimum atomic E-state index is -0.479. The largest absolute Gasteiger partial charge is 0.355 e. The van der Waals surface area contributed by atoms with Crippen LogP contribution in [-0.4, -0.2) is 29.8 Å². The maximum Gasteiger partial charge on any atom is 0.225 e. The number of halogens is 2. The molecule has 128 valence electrons. The second-order valence-electron chi connectivity index (χ2n) is 6.40. The Bertz CT molecular complexity index is 570. The zero-order valence-corrected chi connectivity index (χ0v) is 15.7. The van der Waals surface area contributed by atoms with Crippen LogP contribution in [0.25, 0.3) is 0 Å². The topological polar surface area (TPSA) is 49.4 Å². The molecule has 6 heteroatoms. The van der Waals surface area contributed by atoms with Crippen LogP contribution in [0.15, 0.2) is 22.7 Å². The fraction of sp³-hybridized carbons (Fsp3) is 0.529. The van der Waals surface area contributed by atoms with Crippen LogP contribution >= 0.6 is 15.9 Å². The van der Waals surface area contributed by atoms with E-state index in [-0.39, 0.29) is 37.1 Å². The van der Waals surface area contributed by atoms with Crippen LogP contribution in [-0.2, 0) is 16.1 Å². The van der Waals surface area contributed by atoms with Gasteiger partial charge < -0.3 is 10.2 Å². The number of rotatable bonds is 6. The lowest BCUT2D eigenvalue weighted by Gasteiger charge is -2.22. The number of carbonyl (C=O) groups excluding carboxylic acids is 2. The van der Waals surface area contributed by atoms with E-state index in [4.69, 9.17) is 0 Å². The summed E-state index contributed by atoms with van der Waals surface area (Å²) in [6, 6.07) is 4.67. The molecule has 0 aliphatic heterocycles. The molecule has 0 spiro atoms. The Balaban J connectivity index is 2.59. The summed E-state index contributed by atoms with van der Waals surface area (Å²) in [5.74, 6) is -0.534. The molecule has 0 saturated carbocycles. The van der Waals surface area contributed by atoms with Crippen LogP contribution < -0.4 is 5.32 Å². The van der Waals surface area contributed by atoms with E-state index < -0.39 is 5.41 Å². The highest BCUT2D eigenvalue weighted by molar-refractivity contribution is 9.10. The lowest BCUT2D eigenvalue weighted by atomic mass is 9.96. The van der Waals surface area contributed by atoms with Crippen LogP contribution in [0, 0.1) is 11.2 Å². The Hall–Kier alpha value is -1.43. The zero-order valence-electron chi connectivity index (χ0n) is 14.1. The van der Waals surface area contributed by atoms with Gasteiger partial charge in [-0.3, -0.25) is 9.59 Å². The highest BCUT2D eigenvalue weighted by atomic mass is 79.9. The summed E-state index contributed by atoms with van der Waals surface area (Å²) in [4.78, 5) is 25.6. The van der Waals surface area contributed by atoms with Gasteiger partial charge in [0.2, 0.25) is 11.8 Å². The van der Waals surface area contributed by atoms with Crippen LogP contribution in [0.2, 0.25) is 0 Å². The molecular formula is C17H24BrFN2O2. The van der Waals surface area contributed by atoms with Crippen LogP contribution in [0.3, 0.4) is 0 Å². The number of hydrogen-bond acceptors (Lipinski definition) is 2. The average molecular weight is 387 g/mol. The molecule has 0 aromatic heterocycles. The minimum Gasteiger partial charge on any atom is -0.355 e. The van der Waals surface area contributed by atoms with Crippen molar-refractivity contribution in [3.05, 3.63) is 34.1 Å². The van der Waals surface area contributed by atoms with Gasteiger partial charge in [-0.1, -0.05) is 36.7 Å². The van der Waals surface area contributed by atoms with E-state index in [0.717, 1.165) is 4.47 Å². The summed E-state index contributed by atoms with van der Waals surface area (Å²) < 4.78 is 14.6. The summed E-state index contributed by atoms with van der Waals surface area (Å²) in [6.07, 6.45) is 0.200. The standard InChI is InChI=1S/C17H24BrFN2O2/c1-5-21(11-12-10-13(18)6-7-14(12)19)15(22)8-9-20-16(23)17(2,3)4/h6-7,10H,5,8-9,11H2,1-4H3,(H,20,23). The highest BCUT2D eigenvalue weighted by Crippen LogP contribution is 2.17. The normalized spacial score (nSPS) is 11.2. The van der Waals surface area contributed by atoms with Crippen LogP contribution in [0.4, 0.5) is 4.39 Å². The summed E-state index contributed by atoms with van der Waals surface area (Å²) in [7, 11) is 0. The summed E-state index contributed by atoms with van der Waals surface area (Å²) in [5.41, 5.74) is -0.0132. The number of carbonyl (C=O) groups is 2. The Morgan fingerprint density at radius 2 is 1.96 bits per heavy atom. The van der Waals surface area contributed by atoms with E-state index in [0.29, 0.717) is 12.1 Å². The molecule has 0 bridgehead atoms. The van der Waals surface area contributed by atoms with Gasteiger partial charge in [-0.2, -0.15) is 0 Å². The van der Waals surface area contributed by atoms with Crippen molar-refractivity contribution < 1.29 is 14.0 Å². The lowest BCUT2D eigenvalue weighted by molar-refractivity contribution is -0.132. The molecule has 0 aliphatic rings. The molecular weight excluding hydrogens is 363 g/mol. The zero-order chi connectivity index (χ0) is 17.6. The number of hydrogen-bond donors (Lipinski definition) is 1. The fourth-order valence-corrected chi connectivity index (χ4v) is 2.36. The highest BCUT2D eigenvalue weighted by Gasteiger charge is 2.21. The molecule has 0 fully saturated rings. The average Bonchev–Trinajstić information content (AvgIpc) is 2.46. The first kappa shape index (κ1) is 19.6. The van der Waals surface area contributed by atoms with E-state index in [1.165, 1.54) is 6.07 Å². The molecule has 1 rings (SSSR count). The molecule has 0 saturated heterocycles. The third kappa shape index (κ3) is 6.29. The van der Waals surface area contributed by atoms with Gasteiger partial charge in [-0.25, -0.2) is 4.39 Å². The third-order valence-electron chi connectivity index (χ3n) is 3.41. The SMILES string of the molecule is CCN(Cc1cc(Br)ccc1F)C(=O)CCNC(=O)C(C)(C)C. The number of amides is 2. The predicted octanol–water partition coefficient (Wildman–Crippen LogP) is 3.49. The van der Waals surface area contributed by atoms with Crippen molar-refractivity contribution in [2.24, 2.45) is 5.41 Å². The first-order valence-corrected chi connectivity index (χ1v) is 8.44. The van der Waals surface area contributed by atoms with E-state index in [1.54, 1.807) is 17.0 Å². The molecule has 23 heavy (non-hydrogen) atoms. The Labute approximate surface area is 145 Å². The molecule has 0 heterocycles. The monoisotopic (exact) mass is 386 g/mol. The summed E-state index contributed by atoms with van der Waals surface area (Å²) >= 11 is 3.30. The molecule has 2 amide bonds. The van der Waals surface area contributed by atoms with Crippen molar-refractivity contribution in [2.45, 2.75) is 40.7 Å². The molecule has 0 atom stereocenters. The van der Waals surface area contributed by atoms with E-state index >= 15 is 0 Å². The maximum atomic E-state index is 13.8. The first-order chi connectivity index (χ1) is 10.6. The Morgan fingerprint density at radius 3 is 2.52 bits per heavy atom.